The summed E-state index contributed by atoms with van der Waals surface area (Å²) in [6, 6.07) is 69.5. The van der Waals surface area contributed by atoms with Crippen LogP contribution in [0.15, 0.2) is 210 Å². The summed E-state index contributed by atoms with van der Waals surface area (Å²) < 4.78 is 0. The third-order valence-electron chi connectivity index (χ3n) is 14.6. The molecule has 0 atom stereocenters. The van der Waals surface area contributed by atoms with E-state index in [1.807, 2.05) is 0 Å². The van der Waals surface area contributed by atoms with Crippen molar-refractivity contribution in [3.05, 3.63) is 239 Å². The van der Waals surface area contributed by atoms with Crippen molar-refractivity contribution in [3.63, 3.8) is 0 Å². The Labute approximate surface area is 417 Å². The third-order valence-corrected chi connectivity index (χ3v) is 14.6. The van der Waals surface area contributed by atoms with E-state index >= 15 is 0 Å². The van der Waals surface area contributed by atoms with E-state index in [2.05, 4.69) is 227 Å². The predicted molar refractivity (Wildman–Crippen MR) is 298 cm³/mol. The van der Waals surface area contributed by atoms with E-state index < -0.39 is 0 Å². The van der Waals surface area contributed by atoms with Gasteiger partial charge >= 0.3 is 0 Å². The Bertz CT molecular complexity index is 3540. The highest BCUT2D eigenvalue weighted by Gasteiger charge is 2.36. The number of hydrogen-bond acceptors (Lipinski definition) is 4. The molecule has 0 bridgehead atoms. The lowest BCUT2D eigenvalue weighted by Gasteiger charge is -2.39. The van der Waals surface area contributed by atoms with Crippen LogP contribution in [0.5, 0.6) is 0 Å². The summed E-state index contributed by atoms with van der Waals surface area (Å²) in [5.74, 6) is 2.72. The zero-order valence-corrected chi connectivity index (χ0v) is 40.8. The van der Waals surface area contributed by atoms with Gasteiger partial charge in [0.05, 0.1) is 6.54 Å². The van der Waals surface area contributed by atoms with Gasteiger partial charge in [-0.2, -0.15) is 0 Å². The lowest BCUT2D eigenvalue weighted by Crippen LogP contribution is -2.30. The Balaban J connectivity index is 0.975. The molecule has 0 amide bonds. The molecule has 1 aliphatic rings. The molecule has 10 aromatic rings. The van der Waals surface area contributed by atoms with E-state index in [4.69, 9.17) is 24.9 Å². The maximum Gasteiger partial charge on any atom is 0.164 e. The highest BCUT2D eigenvalue weighted by atomic mass is 15.0. The average Bonchev–Trinajstić information content (AvgIpc) is 3.44. The Hall–Kier alpha value is -8.15. The van der Waals surface area contributed by atoms with E-state index in [0.29, 0.717) is 24.0 Å². The molecule has 1 saturated carbocycles. The molecule has 0 aliphatic heterocycles. The van der Waals surface area contributed by atoms with Crippen LogP contribution in [0.1, 0.15) is 91.8 Å². The molecule has 5 heteroatoms. The average molecular weight is 920 g/mol. The van der Waals surface area contributed by atoms with Gasteiger partial charge < -0.3 is 0 Å². The van der Waals surface area contributed by atoms with Crippen LogP contribution in [-0.4, -0.2) is 26.5 Å². The second kappa shape index (κ2) is 20.1. The number of nitrogens with zero attached hydrogens (tertiary/aromatic N) is 5. The van der Waals surface area contributed by atoms with E-state index in [-0.39, 0.29) is 5.41 Å². The molecule has 5 nitrogen and oxygen atoms in total. The van der Waals surface area contributed by atoms with Gasteiger partial charge in [0.1, 0.15) is 0 Å². The van der Waals surface area contributed by atoms with Gasteiger partial charge in [0.25, 0.3) is 0 Å². The predicted octanol–water partition coefficient (Wildman–Crippen LogP) is 16.6. The van der Waals surface area contributed by atoms with Crippen LogP contribution in [0, 0.1) is 0 Å². The monoisotopic (exact) mass is 919 g/mol. The number of benzene rings is 9. The van der Waals surface area contributed by atoms with Gasteiger partial charge in [-0.25, -0.2) is 19.9 Å². The van der Waals surface area contributed by atoms with Crippen molar-refractivity contribution in [3.8, 4) is 34.2 Å². The second-order valence-electron chi connectivity index (χ2n) is 18.9. The molecule has 1 aliphatic carbocycles. The van der Waals surface area contributed by atoms with Crippen LogP contribution in [-0.2, 0) is 18.4 Å². The fourth-order valence-corrected chi connectivity index (χ4v) is 11.0. The Morgan fingerprint density at radius 2 is 1.03 bits per heavy atom. The fraction of sp³-hybridized carbons (Fsp3) is 0.167. The summed E-state index contributed by atoms with van der Waals surface area (Å²) in [4.78, 5) is 26.4. The van der Waals surface area contributed by atoms with Crippen molar-refractivity contribution in [1.82, 2.24) is 15.0 Å². The Morgan fingerprint density at radius 3 is 1.63 bits per heavy atom. The van der Waals surface area contributed by atoms with Crippen molar-refractivity contribution >= 4 is 49.9 Å². The summed E-state index contributed by atoms with van der Waals surface area (Å²) in [7, 11) is 0. The van der Waals surface area contributed by atoms with Crippen LogP contribution in [0.3, 0.4) is 0 Å². The molecule has 1 aromatic heterocycles. The van der Waals surface area contributed by atoms with Crippen LogP contribution in [0.25, 0.3) is 72.6 Å². The van der Waals surface area contributed by atoms with Gasteiger partial charge in [0.2, 0.25) is 0 Å². The minimum atomic E-state index is -0.141. The molecule has 0 saturated heterocycles. The lowest BCUT2D eigenvalue weighted by atomic mass is 9.65. The molecule has 346 valence electrons. The standard InChI is InChI=1S/C66H57N5/c1-4-19-56-46(5-2)23-15-27-52(56)44-67-62(68-45(3)55-31-16-24-47-20-7-10-28-57(47)55)50-34-38-53(39-35-50)66(42-13-6-14-43-66)54-40-36-51(37-41-54)63-69-64(60-32-17-25-48-21-8-11-29-58(48)60)71-65(70-63)61-33-18-26-49-22-9-12-30-59(49)61/h4,7-12,15-41H,5-6,13-14,42-44H2,1-3H3/b19-4-,67-62?,68-45?. The number of aromatic nitrogens is 3. The largest absolute Gasteiger partial charge is 0.261 e. The first-order valence-corrected chi connectivity index (χ1v) is 25.3. The molecule has 1 heterocycles. The first-order valence-electron chi connectivity index (χ1n) is 25.3. The summed E-state index contributed by atoms with van der Waals surface area (Å²) >= 11 is 0. The summed E-state index contributed by atoms with van der Waals surface area (Å²) in [5, 5.41) is 6.91. The number of hydrogen-bond donors (Lipinski definition) is 0. The quantitative estimate of drug-likeness (QED) is 0.0959. The number of allylic oxidation sites excluding steroid dienone is 1. The first-order chi connectivity index (χ1) is 35.0. The summed E-state index contributed by atoms with van der Waals surface area (Å²) in [5.41, 5.74) is 12.3. The molecular formula is C66H57N5. The number of amidine groups is 1. The molecular weight excluding hydrogens is 863 g/mol. The molecule has 0 spiro atoms. The molecule has 11 rings (SSSR count). The molecule has 1 fully saturated rings. The maximum absolute atomic E-state index is 5.37. The maximum atomic E-state index is 5.37. The van der Waals surface area contributed by atoms with Crippen LogP contribution in [0.4, 0.5) is 0 Å². The minimum absolute atomic E-state index is 0.141. The first kappa shape index (κ1) is 45.3. The van der Waals surface area contributed by atoms with E-state index in [9.17, 15) is 0 Å². The van der Waals surface area contributed by atoms with Crippen LogP contribution < -0.4 is 0 Å². The SMILES string of the molecule is C/C=C\c1c(CC)cccc1CN=C(N=C(C)c1cccc2ccccc12)c1ccc(C2(c3ccc(-c4nc(-c5cccc6ccccc56)nc(-c5cccc6ccccc56)n4)cc3)CCCCC2)cc1. The van der Waals surface area contributed by atoms with Crippen molar-refractivity contribution in [2.45, 2.75) is 71.3 Å². The van der Waals surface area contributed by atoms with E-state index in [0.717, 1.165) is 80.2 Å². The molecule has 0 radical (unpaired) electrons. The van der Waals surface area contributed by atoms with Crippen molar-refractivity contribution in [2.75, 3.05) is 0 Å². The topological polar surface area (TPSA) is 63.4 Å². The van der Waals surface area contributed by atoms with Gasteiger partial charge in [0, 0.05) is 38.9 Å². The number of fused-ring (bicyclic) bond motifs is 3. The van der Waals surface area contributed by atoms with E-state index in [1.54, 1.807) is 0 Å². The van der Waals surface area contributed by atoms with Crippen LogP contribution >= 0.6 is 0 Å². The smallest absolute Gasteiger partial charge is 0.164 e. The van der Waals surface area contributed by atoms with Gasteiger partial charge in [-0.15, -0.1) is 0 Å². The van der Waals surface area contributed by atoms with Crippen molar-refractivity contribution < 1.29 is 0 Å². The molecule has 0 unspecified atom stereocenters. The normalized spacial score (nSPS) is 14.2. The van der Waals surface area contributed by atoms with Gasteiger partial charge in [-0.1, -0.05) is 232 Å². The lowest BCUT2D eigenvalue weighted by molar-refractivity contribution is 0.346. The molecule has 71 heavy (non-hydrogen) atoms. The number of aliphatic imine (C=N–C) groups is 2. The Kier molecular flexibility index (Phi) is 12.8. The van der Waals surface area contributed by atoms with Crippen LogP contribution in [0.2, 0.25) is 0 Å². The van der Waals surface area contributed by atoms with Gasteiger partial charge in [0.15, 0.2) is 23.3 Å². The highest BCUT2D eigenvalue weighted by molar-refractivity contribution is 6.16. The van der Waals surface area contributed by atoms with Crippen molar-refractivity contribution in [1.29, 1.82) is 0 Å². The van der Waals surface area contributed by atoms with E-state index in [1.165, 1.54) is 57.9 Å². The molecule has 9 aromatic carbocycles. The third kappa shape index (κ3) is 9.01. The van der Waals surface area contributed by atoms with Gasteiger partial charge in [-0.05, 0) is 93.2 Å². The van der Waals surface area contributed by atoms with Crippen molar-refractivity contribution in [2.24, 2.45) is 9.98 Å². The van der Waals surface area contributed by atoms with Gasteiger partial charge in [-0.3, -0.25) is 4.99 Å². The minimum Gasteiger partial charge on any atom is -0.261 e. The number of aryl methyl sites for hydroxylation is 1. The Morgan fingerprint density at radius 1 is 0.521 bits per heavy atom. The summed E-state index contributed by atoms with van der Waals surface area (Å²) in [6.45, 7) is 6.94. The zero-order valence-electron chi connectivity index (χ0n) is 40.8. The second-order valence-corrected chi connectivity index (χ2v) is 18.9. The number of rotatable bonds is 11. The zero-order chi connectivity index (χ0) is 48.2. The summed E-state index contributed by atoms with van der Waals surface area (Å²) in [6.07, 6.45) is 11.0. The fourth-order valence-electron chi connectivity index (χ4n) is 11.0. The molecule has 0 N–H and O–H groups in total. The highest BCUT2D eigenvalue weighted by Crippen LogP contribution is 2.45.